The molecule has 5 heteroatoms. The largest absolute Gasteiger partial charge is 0.497 e. The second-order valence-corrected chi connectivity index (χ2v) is 4.77. The molecule has 0 aliphatic carbocycles. The summed E-state index contributed by atoms with van der Waals surface area (Å²) in [5.41, 5.74) is 1.72. The van der Waals surface area contributed by atoms with E-state index < -0.39 is 0 Å². The Hall–Kier alpha value is -2.43. The van der Waals surface area contributed by atoms with E-state index in [1.807, 2.05) is 6.92 Å². The van der Waals surface area contributed by atoms with E-state index in [2.05, 4.69) is 5.10 Å². The van der Waals surface area contributed by atoms with E-state index in [0.717, 1.165) is 5.69 Å². The van der Waals surface area contributed by atoms with Crippen LogP contribution < -0.4 is 4.74 Å². The molecular weight excluding hydrogens is 268 g/mol. The number of carbonyl (C=O) groups excluding carboxylic acids is 2. The number of Topliss-reactive ketones (excluding diaryl/α,β-unsaturated/α-hetero) is 2. The molecule has 0 bridgehead atoms. The maximum absolute atomic E-state index is 12.3. The zero-order valence-corrected chi connectivity index (χ0v) is 12.4. The molecule has 0 aliphatic heterocycles. The first-order valence-electron chi connectivity index (χ1n) is 6.78. The van der Waals surface area contributed by atoms with E-state index in [-0.39, 0.29) is 18.0 Å². The number of aryl methyl sites for hydroxylation is 2. The zero-order chi connectivity index (χ0) is 15.4. The van der Waals surface area contributed by atoms with Gasteiger partial charge in [0.1, 0.15) is 5.75 Å². The molecule has 0 atom stereocenters. The third kappa shape index (κ3) is 3.37. The van der Waals surface area contributed by atoms with Crippen molar-refractivity contribution in [1.29, 1.82) is 0 Å². The van der Waals surface area contributed by atoms with Gasteiger partial charge in [-0.2, -0.15) is 5.10 Å². The van der Waals surface area contributed by atoms with E-state index in [1.54, 1.807) is 42.2 Å². The summed E-state index contributed by atoms with van der Waals surface area (Å²) in [6.45, 7) is 1.93. The van der Waals surface area contributed by atoms with Crippen molar-refractivity contribution in [2.24, 2.45) is 7.05 Å². The summed E-state index contributed by atoms with van der Waals surface area (Å²) in [5.74, 6) is 0.182. The monoisotopic (exact) mass is 286 g/mol. The highest BCUT2D eigenvalue weighted by Gasteiger charge is 2.18. The van der Waals surface area contributed by atoms with Gasteiger partial charge in [-0.15, -0.1) is 0 Å². The zero-order valence-electron chi connectivity index (χ0n) is 12.4. The minimum absolute atomic E-state index is 0.161. The van der Waals surface area contributed by atoms with E-state index in [1.165, 1.54) is 7.11 Å². The van der Waals surface area contributed by atoms with Gasteiger partial charge >= 0.3 is 0 Å². The first kappa shape index (κ1) is 15.0. The fourth-order valence-electron chi connectivity index (χ4n) is 2.17. The summed E-state index contributed by atoms with van der Waals surface area (Å²) in [4.78, 5) is 24.5. The van der Waals surface area contributed by atoms with Gasteiger partial charge in [-0.3, -0.25) is 14.3 Å². The molecule has 110 valence electrons. The first-order chi connectivity index (χ1) is 10.0. The third-order valence-corrected chi connectivity index (χ3v) is 3.25. The van der Waals surface area contributed by atoms with Crippen molar-refractivity contribution < 1.29 is 14.3 Å². The molecule has 0 spiro atoms. The Morgan fingerprint density at radius 2 is 2.05 bits per heavy atom. The van der Waals surface area contributed by atoms with Gasteiger partial charge in [-0.1, -0.05) is 19.1 Å². The minimum Gasteiger partial charge on any atom is -0.497 e. The molecule has 2 aromatic rings. The van der Waals surface area contributed by atoms with Gasteiger partial charge < -0.3 is 4.74 Å². The number of aromatic nitrogens is 2. The molecule has 0 N–H and O–H groups in total. The summed E-state index contributed by atoms with van der Waals surface area (Å²) < 4.78 is 6.68. The van der Waals surface area contributed by atoms with Gasteiger partial charge in [0.05, 0.1) is 24.8 Å². The molecule has 21 heavy (non-hydrogen) atoms. The average Bonchev–Trinajstić information content (AvgIpc) is 2.88. The highest BCUT2D eigenvalue weighted by Crippen LogP contribution is 2.16. The molecule has 2 rings (SSSR count). The second kappa shape index (κ2) is 6.35. The number of ether oxygens (including phenoxy) is 1. The van der Waals surface area contributed by atoms with Gasteiger partial charge in [0.25, 0.3) is 0 Å². The van der Waals surface area contributed by atoms with Gasteiger partial charge in [0, 0.05) is 18.8 Å². The van der Waals surface area contributed by atoms with Crippen LogP contribution in [-0.4, -0.2) is 28.5 Å². The Kier molecular flexibility index (Phi) is 4.52. The highest BCUT2D eigenvalue weighted by molar-refractivity contribution is 6.13. The van der Waals surface area contributed by atoms with Crippen LogP contribution in [0.3, 0.4) is 0 Å². The third-order valence-electron chi connectivity index (χ3n) is 3.25. The van der Waals surface area contributed by atoms with Crippen LogP contribution in [0, 0.1) is 0 Å². The molecular formula is C16H18N2O3. The quantitative estimate of drug-likeness (QED) is 0.604. The van der Waals surface area contributed by atoms with Crippen molar-refractivity contribution >= 4 is 11.6 Å². The van der Waals surface area contributed by atoms with Crippen LogP contribution in [0.25, 0.3) is 0 Å². The summed E-state index contributed by atoms with van der Waals surface area (Å²) in [6, 6.07) is 6.81. The molecule has 1 aromatic heterocycles. The van der Waals surface area contributed by atoms with Crippen LogP contribution in [0.4, 0.5) is 0 Å². The minimum atomic E-state index is -0.218. The fourth-order valence-corrected chi connectivity index (χ4v) is 2.17. The Bertz CT molecular complexity index is 674. The van der Waals surface area contributed by atoms with E-state index in [0.29, 0.717) is 23.3 Å². The van der Waals surface area contributed by atoms with Crippen LogP contribution in [0.5, 0.6) is 5.75 Å². The molecule has 0 unspecified atom stereocenters. The summed E-state index contributed by atoms with van der Waals surface area (Å²) in [7, 11) is 3.30. The Balaban J connectivity index is 2.16. The Morgan fingerprint density at radius 1 is 1.29 bits per heavy atom. The number of carbonyl (C=O) groups is 2. The summed E-state index contributed by atoms with van der Waals surface area (Å²) in [5, 5.41) is 4.22. The second-order valence-electron chi connectivity index (χ2n) is 4.77. The number of ketones is 2. The van der Waals surface area contributed by atoms with Gasteiger partial charge in [0.15, 0.2) is 11.6 Å². The van der Waals surface area contributed by atoms with Crippen molar-refractivity contribution in [3.8, 4) is 5.75 Å². The molecule has 1 heterocycles. The molecule has 0 radical (unpaired) electrons. The molecule has 0 fully saturated rings. The van der Waals surface area contributed by atoms with Crippen LogP contribution >= 0.6 is 0 Å². The van der Waals surface area contributed by atoms with Gasteiger partial charge in [-0.05, 0) is 18.6 Å². The lowest BCUT2D eigenvalue weighted by atomic mass is 10.0. The van der Waals surface area contributed by atoms with Crippen molar-refractivity contribution in [2.75, 3.05) is 7.11 Å². The molecule has 5 nitrogen and oxygen atoms in total. The number of nitrogens with zero attached hydrogens (tertiary/aromatic N) is 2. The number of benzene rings is 1. The Labute approximate surface area is 123 Å². The predicted octanol–water partition coefficient (Wildman–Crippen LogP) is 2.45. The topological polar surface area (TPSA) is 61.2 Å². The lowest BCUT2D eigenvalue weighted by Crippen LogP contribution is -2.09. The van der Waals surface area contributed by atoms with Crippen LogP contribution in [-0.2, 0) is 13.5 Å². The number of methoxy groups -OCH3 is 1. The van der Waals surface area contributed by atoms with Crippen molar-refractivity contribution in [3.63, 3.8) is 0 Å². The lowest BCUT2D eigenvalue weighted by molar-refractivity contribution is 0.0893. The normalized spacial score (nSPS) is 10.4. The van der Waals surface area contributed by atoms with Gasteiger partial charge in [0.2, 0.25) is 0 Å². The first-order valence-corrected chi connectivity index (χ1v) is 6.78. The molecule has 0 amide bonds. The van der Waals surface area contributed by atoms with E-state index in [4.69, 9.17) is 4.74 Å². The number of hydrogen-bond donors (Lipinski definition) is 0. The summed E-state index contributed by atoms with van der Waals surface area (Å²) in [6.07, 6.45) is 2.17. The SMILES string of the molecule is CCc1nn(C)cc1C(=O)CC(=O)c1cccc(OC)c1. The summed E-state index contributed by atoms with van der Waals surface area (Å²) >= 11 is 0. The van der Waals surface area contributed by atoms with Crippen molar-refractivity contribution in [3.05, 3.63) is 47.3 Å². The maximum Gasteiger partial charge on any atom is 0.174 e. The number of hydrogen-bond acceptors (Lipinski definition) is 4. The van der Waals surface area contributed by atoms with Crippen molar-refractivity contribution in [2.45, 2.75) is 19.8 Å². The van der Waals surface area contributed by atoms with Crippen LogP contribution in [0.2, 0.25) is 0 Å². The molecule has 0 aliphatic rings. The fraction of sp³-hybridized carbons (Fsp3) is 0.312. The average molecular weight is 286 g/mol. The molecule has 1 aromatic carbocycles. The van der Waals surface area contributed by atoms with Crippen LogP contribution in [0.1, 0.15) is 39.8 Å². The predicted molar refractivity (Wildman–Crippen MR) is 78.9 cm³/mol. The number of rotatable bonds is 6. The van der Waals surface area contributed by atoms with Crippen LogP contribution in [0.15, 0.2) is 30.5 Å². The highest BCUT2D eigenvalue weighted by atomic mass is 16.5. The standard InChI is InChI=1S/C16H18N2O3/c1-4-14-13(10-18(2)17-14)16(20)9-15(19)11-6-5-7-12(8-11)21-3/h5-8,10H,4,9H2,1-3H3. The lowest BCUT2D eigenvalue weighted by Gasteiger charge is -2.03. The van der Waals surface area contributed by atoms with E-state index >= 15 is 0 Å². The van der Waals surface area contributed by atoms with Gasteiger partial charge in [-0.25, -0.2) is 0 Å². The Morgan fingerprint density at radius 3 is 2.71 bits per heavy atom. The molecule has 0 saturated carbocycles. The maximum atomic E-state index is 12.3. The van der Waals surface area contributed by atoms with E-state index in [9.17, 15) is 9.59 Å². The van der Waals surface area contributed by atoms with Crippen molar-refractivity contribution in [1.82, 2.24) is 9.78 Å². The smallest absolute Gasteiger partial charge is 0.174 e. The molecule has 0 saturated heterocycles.